The maximum absolute atomic E-state index is 4.90. The van der Waals surface area contributed by atoms with Crippen LogP contribution < -0.4 is 5.32 Å². The molecule has 20 heavy (non-hydrogen) atoms. The van der Waals surface area contributed by atoms with Crippen LogP contribution in [0, 0.1) is 5.92 Å². The van der Waals surface area contributed by atoms with Gasteiger partial charge in [-0.1, -0.05) is 19.1 Å². The third-order valence-electron chi connectivity index (χ3n) is 4.35. The number of nitrogens with zero attached hydrogens (tertiary/aromatic N) is 2. The fourth-order valence-electron chi connectivity index (χ4n) is 3.31. The molecule has 1 aromatic carbocycles. The Morgan fingerprint density at radius 3 is 3.05 bits per heavy atom. The summed E-state index contributed by atoms with van der Waals surface area (Å²) in [5.74, 6) is 2.08. The van der Waals surface area contributed by atoms with E-state index in [9.17, 15) is 0 Å². The maximum Gasteiger partial charge on any atom is 0.110 e. The summed E-state index contributed by atoms with van der Waals surface area (Å²) in [5, 5.41) is 3.50. The number of aromatic nitrogens is 2. The van der Waals surface area contributed by atoms with Crippen molar-refractivity contribution in [1.29, 1.82) is 0 Å². The van der Waals surface area contributed by atoms with Crippen LogP contribution in [0.3, 0.4) is 0 Å². The summed E-state index contributed by atoms with van der Waals surface area (Å²) in [7, 11) is 0. The zero-order chi connectivity index (χ0) is 13.8. The molecule has 1 saturated heterocycles. The molecular weight excluding hydrogens is 246 g/mol. The topological polar surface area (TPSA) is 29.9 Å². The van der Waals surface area contributed by atoms with Gasteiger partial charge >= 0.3 is 0 Å². The fraction of sp³-hybridized carbons (Fsp3) is 0.588. The van der Waals surface area contributed by atoms with Crippen LogP contribution >= 0.6 is 0 Å². The number of hydrogen-bond donors (Lipinski definition) is 1. The van der Waals surface area contributed by atoms with E-state index >= 15 is 0 Å². The van der Waals surface area contributed by atoms with Crippen LogP contribution in [0.4, 0.5) is 0 Å². The minimum Gasteiger partial charge on any atom is -0.328 e. The number of fused-ring (bicyclic) bond motifs is 1. The Kier molecular flexibility index (Phi) is 4.36. The van der Waals surface area contributed by atoms with Crippen LogP contribution in [-0.4, -0.2) is 22.6 Å². The van der Waals surface area contributed by atoms with Gasteiger partial charge in [0.05, 0.1) is 11.0 Å². The molecule has 0 radical (unpaired) electrons. The van der Waals surface area contributed by atoms with Crippen molar-refractivity contribution in [3.8, 4) is 0 Å². The summed E-state index contributed by atoms with van der Waals surface area (Å²) in [4.78, 5) is 4.90. The Morgan fingerprint density at radius 2 is 2.15 bits per heavy atom. The molecule has 2 heterocycles. The minimum atomic E-state index is 0.789. The molecule has 0 aliphatic carbocycles. The van der Waals surface area contributed by atoms with Crippen molar-refractivity contribution in [2.24, 2.45) is 5.92 Å². The van der Waals surface area contributed by atoms with Crippen LogP contribution in [0.1, 0.15) is 38.4 Å². The van der Waals surface area contributed by atoms with Gasteiger partial charge in [-0.3, -0.25) is 0 Å². The molecule has 1 aromatic heterocycles. The first-order valence-corrected chi connectivity index (χ1v) is 8.03. The maximum atomic E-state index is 4.90. The van der Waals surface area contributed by atoms with E-state index in [1.165, 1.54) is 50.1 Å². The molecule has 3 heteroatoms. The molecule has 2 aromatic rings. The van der Waals surface area contributed by atoms with Crippen molar-refractivity contribution in [3.63, 3.8) is 0 Å². The normalized spacial score (nSPS) is 20.1. The second-order valence-electron chi connectivity index (χ2n) is 5.92. The number of imidazole rings is 1. The van der Waals surface area contributed by atoms with E-state index in [0.29, 0.717) is 0 Å². The molecule has 0 amide bonds. The molecule has 1 fully saturated rings. The van der Waals surface area contributed by atoms with E-state index in [1.807, 2.05) is 0 Å². The molecule has 0 spiro atoms. The van der Waals surface area contributed by atoms with E-state index in [2.05, 4.69) is 41.1 Å². The predicted octanol–water partition coefficient (Wildman–Crippen LogP) is 3.38. The highest BCUT2D eigenvalue weighted by Crippen LogP contribution is 2.23. The lowest BCUT2D eigenvalue weighted by Gasteiger charge is -2.14. The molecule has 1 N–H and O–H groups in total. The van der Waals surface area contributed by atoms with Crippen LogP contribution in [0.2, 0.25) is 0 Å². The molecule has 0 bridgehead atoms. The number of nitrogens with one attached hydrogen (secondary N) is 1. The molecule has 1 aliphatic rings. The standard InChI is InChI=1S/C17H25N3/c1-2-12-20-16-8-4-3-7-15(16)19-17(20)13-14-6-5-10-18-11-9-14/h3-4,7-8,14,18H,2,5-6,9-13H2,1H3. The summed E-state index contributed by atoms with van der Waals surface area (Å²) in [6.07, 6.45) is 6.23. The number of rotatable bonds is 4. The number of aryl methyl sites for hydroxylation is 1. The quantitative estimate of drug-likeness (QED) is 0.924. The average Bonchev–Trinajstić information content (AvgIpc) is 2.64. The molecule has 1 atom stereocenters. The monoisotopic (exact) mass is 271 g/mol. The van der Waals surface area contributed by atoms with Crippen molar-refractivity contribution in [2.75, 3.05) is 13.1 Å². The second-order valence-corrected chi connectivity index (χ2v) is 5.92. The largest absolute Gasteiger partial charge is 0.328 e. The van der Waals surface area contributed by atoms with E-state index in [4.69, 9.17) is 4.98 Å². The Balaban J connectivity index is 1.87. The van der Waals surface area contributed by atoms with Crippen molar-refractivity contribution in [1.82, 2.24) is 14.9 Å². The number of hydrogen-bond acceptors (Lipinski definition) is 2. The average molecular weight is 271 g/mol. The van der Waals surface area contributed by atoms with Crippen molar-refractivity contribution >= 4 is 11.0 Å². The van der Waals surface area contributed by atoms with E-state index in [-0.39, 0.29) is 0 Å². The van der Waals surface area contributed by atoms with Gasteiger partial charge in [0.15, 0.2) is 0 Å². The van der Waals surface area contributed by atoms with Gasteiger partial charge in [0.1, 0.15) is 5.82 Å². The minimum absolute atomic E-state index is 0.789. The summed E-state index contributed by atoms with van der Waals surface area (Å²) < 4.78 is 2.44. The van der Waals surface area contributed by atoms with Crippen molar-refractivity contribution in [2.45, 2.75) is 45.6 Å². The van der Waals surface area contributed by atoms with Crippen LogP contribution in [0.25, 0.3) is 11.0 Å². The molecule has 3 nitrogen and oxygen atoms in total. The highest BCUT2D eigenvalue weighted by atomic mass is 15.1. The molecule has 1 aliphatic heterocycles. The smallest absolute Gasteiger partial charge is 0.110 e. The van der Waals surface area contributed by atoms with Crippen molar-refractivity contribution in [3.05, 3.63) is 30.1 Å². The van der Waals surface area contributed by atoms with Gasteiger partial charge in [0, 0.05) is 13.0 Å². The van der Waals surface area contributed by atoms with Crippen LogP contribution in [-0.2, 0) is 13.0 Å². The van der Waals surface area contributed by atoms with Crippen molar-refractivity contribution < 1.29 is 0 Å². The van der Waals surface area contributed by atoms with E-state index in [0.717, 1.165) is 24.4 Å². The lowest BCUT2D eigenvalue weighted by Crippen LogP contribution is -2.15. The van der Waals surface area contributed by atoms with Gasteiger partial charge in [-0.2, -0.15) is 0 Å². The summed E-state index contributed by atoms with van der Waals surface area (Å²) in [6, 6.07) is 8.55. The molecular formula is C17H25N3. The Labute approximate surface area is 121 Å². The SMILES string of the molecule is CCCn1c(CC2CCCNCC2)nc2ccccc21. The first kappa shape index (κ1) is 13.6. The van der Waals surface area contributed by atoms with Crippen LogP contribution in [0.5, 0.6) is 0 Å². The Hall–Kier alpha value is -1.35. The Bertz CT molecular complexity index is 550. The third-order valence-corrected chi connectivity index (χ3v) is 4.35. The van der Waals surface area contributed by atoms with Gasteiger partial charge in [-0.05, 0) is 56.8 Å². The van der Waals surface area contributed by atoms with Gasteiger partial charge in [0.2, 0.25) is 0 Å². The van der Waals surface area contributed by atoms with E-state index in [1.54, 1.807) is 0 Å². The molecule has 1 unspecified atom stereocenters. The van der Waals surface area contributed by atoms with Crippen LogP contribution in [0.15, 0.2) is 24.3 Å². The zero-order valence-corrected chi connectivity index (χ0v) is 12.4. The summed E-state index contributed by atoms with van der Waals surface area (Å²) >= 11 is 0. The van der Waals surface area contributed by atoms with E-state index < -0.39 is 0 Å². The zero-order valence-electron chi connectivity index (χ0n) is 12.4. The number of benzene rings is 1. The Morgan fingerprint density at radius 1 is 1.25 bits per heavy atom. The van der Waals surface area contributed by atoms with Gasteiger partial charge < -0.3 is 9.88 Å². The summed E-state index contributed by atoms with van der Waals surface area (Å²) in [5.41, 5.74) is 2.46. The molecule has 3 rings (SSSR count). The second kappa shape index (κ2) is 6.40. The van der Waals surface area contributed by atoms with Gasteiger partial charge in [-0.25, -0.2) is 4.98 Å². The first-order valence-electron chi connectivity index (χ1n) is 8.03. The molecule has 0 saturated carbocycles. The highest BCUT2D eigenvalue weighted by molar-refractivity contribution is 5.75. The predicted molar refractivity (Wildman–Crippen MR) is 83.9 cm³/mol. The third kappa shape index (κ3) is 2.88. The lowest BCUT2D eigenvalue weighted by atomic mass is 9.96. The number of para-hydroxylation sites is 2. The van der Waals surface area contributed by atoms with Gasteiger partial charge in [-0.15, -0.1) is 0 Å². The lowest BCUT2D eigenvalue weighted by molar-refractivity contribution is 0.449. The van der Waals surface area contributed by atoms with Gasteiger partial charge in [0.25, 0.3) is 0 Å². The highest BCUT2D eigenvalue weighted by Gasteiger charge is 2.17. The first-order chi connectivity index (χ1) is 9.88. The summed E-state index contributed by atoms with van der Waals surface area (Å²) in [6.45, 7) is 5.68. The fourth-order valence-corrected chi connectivity index (χ4v) is 3.31. The molecule has 108 valence electrons.